The predicted molar refractivity (Wildman–Crippen MR) is 128 cm³/mol. The minimum absolute atomic E-state index is 0.108. The fourth-order valence-corrected chi connectivity index (χ4v) is 3.18. The Bertz CT molecular complexity index is 1040. The molecule has 6 nitrogen and oxygen atoms in total. The molecule has 32 heavy (non-hydrogen) atoms. The molecular weight excluding hydrogens is 402 g/mol. The molecule has 0 spiro atoms. The number of rotatable bonds is 9. The lowest BCUT2D eigenvalue weighted by molar-refractivity contribution is -0.122. The second kappa shape index (κ2) is 11.1. The number of hydrogen-bond acceptors (Lipinski definition) is 4. The molecule has 1 unspecified atom stereocenters. The normalized spacial score (nSPS) is 11.6. The Morgan fingerprint density at radius 2 is 1.50 bits per heavy atom. The van der Waals surface area contributed by atoms with Crippen LogP contribution in [-0.4, -0.2) is 36.3 Å². The van der Waals surface area contributed by atoms with Gasteiger partial charge in [0.05, 0.1) is 12.6 Å². The highest BCUT2D eigenvalue weighted by Gasteiger charge is 2.20. The zero-order chi connectivity index (χ0) is 22.9. The van der Waals surface area contributed by atoms with E-state index in [1.54, 1.807) is 43.1 Å². The third-order valence-corrected chi connectivity index (χ3v) is 5.21. The molecule has 3 rings (SSSR count). The Hall–Kier alpha value is -3.64. The highest BCUT2D eigenvalue weighted by Crippen LogP contribution is 2.23. The first-order valence-electron chi connectivity index (χ1n) is 10.7. The van der Waals surface area contributed by atoms with E-state index in [0.29, 0.717) is 11.4 Å². The molecule has 0 aromatic heterocycles. The van der Waals surface area contributed by atoms with Gasteiger partial charge in [0, 0.05) is 11.4 Å². The topological polar surface area (TPSA) is 70.7 Å². The summed E-state index contributed by atoms with van der Waals surface area (Å²) in [6.45, 7) is 3.93. The molecule has 0 fully saturated rings. The van der Waals surface area contributed by atoms with Crippen LogP contribution in [0.3, 0.4) is 0 Å². The van der Waals surface area contributed by atoms with Gasteiger partial charge in [-0.1, -0.05) is 43.3 Å². The van der Waals surface area contributed by atoms with Crippen LogP contribution in [0.15, 0.2) is 78.9 Å². The molecule has 2 N–H and O–H groups in total. The number of anilines is 2. The maximum absolute atomic E-state index is 12.7. The summed E-state index contributed by atoms with van der Waals surface area (Å²) in [6, 6.07) is 23.9. The van der Waals surface area contributed by atoms with Crippen LogP contribution in [0.5, 0.6) is 11.5 Å². The molecule has 2 amide bonds. The van der Waals surface area contributed by atoms with Crippen LogP contribution in [0, 0.1) is 0 Å². The van der Waals surface area contributed by atoms with Gasteiger partial charge in [0.2, 0.25) is 11.8 Å². The summed E-state index contributed by atoms with van der Waals surface area (Å²) in [5, 5.41) is 5.82. The largest absolute Gasteiger partial charge is 0.457 e. The number of carbonyl (C=O) groups excluding carboxylic acids is 2. The first kappa shape index (κ1) is 23.0. The highest BCUT2D eigenvalue weighted by atomic mass is 16.5. The number of benzene rings is 3. The summed E-state index contributed by atoms with van der Waals surface area (Å²) in [6.07, 6.45) is 0.834. The van der Waals surface area contributed by atoms with Gasteiger partial charge in [0.15, 0.2) is 0 Å². The van der Waals surface area contributed by atoms with E-state index in [1.165, 1.54) is 0 Å². The fraction of sp³-hybridized carbons (Fsp3) is 0.231. The van der Waals surface area contributed by atoms with Gasteiger partial charge >= 0.3 is 0 Å². The van der Waals surface area contributed by atoms with Crippen molar-refractivity contribution in [2.24, 2.45) is 0 Å². The number of carbonyl (C=O) groups is 2. The maximum Gasteiger partial charge on any atom is 0.241 e. The van der Waals surface area contributed by atoms with Gasteiger partial charge in [0.25, 0.3) is 0 Å². The average molecular weight is 432 g/mol. The summed E-state index contributed by atoms with van der Waals surface area (Å²) < 4.78 is 5.77. The molecule has 0 saturated heterocycles. The smallest absolute Gasteiger partial charge is 0.241 e. The van der Waals surface area contributed by atoms with Crippen molar-refractivity contribution in [3.63, 3.8) is 0 Å². The Labute approximate surface area is 189 Å². The number of aryl methyl sites for hydroxylation is 1. The molecule has 0 radical (unpaired) electrons. The highest BCUT2D eigenvalue weighted by molar-refractivity contribution is 5.96. The van der Waals surface area contributed by atoms with Crippen molar-refractivity contribution in [1.29, 1.82) is 0 Å². The Morgan fingerprint density at radius 3 is 2.19 bits per heavy atom. The number of amides is 2. The Balaban J connectivity index is 1.51. The van der Waals surface area contributed by atoms with Crippen LogP contribution in [0.1, 0.15) is 19.4 Å². The van der Waals surface area contributed by atoms with Crippen molar-refractivity contribution >= 4 is 23.2 Å². The van der Waals surface area contributed by atoms with Gasteiger partial charge in [-0.3, -0.25) is 14.5 Å². The van der Waals surface area contributed by atoms with Gasteiger partial charge < -0.3 is 15.4 Å². The van der Waals surface area contributed by atoms with Crippen molar-refractivity contribution in [2.75, 3.05) is 24.2 Å². The molecule has 3 aromatic rings. The second-order valence-electron chi connectivity index (χ2n) is 7.58. The van der Waals surface area contributed by atoms with E-state index in [-0.39, 0.29) is 18.4 Å². The molecule has 0 aliphatic rings. The Morgan fingerprint density at radius 1 is 0.875 bits per heavy atom. The summed E-state index contributed by atoms with van der Waals surface area (Å²) in [7, 11) is 1.76. The SMILES string of the molecule is CCc1ccccc1NC(=O)CN(C)C(C)C(=O)Nc1ccc(Oc2ccccc2)cc1. The molecular formula is C26H29N3O3. The monoisotopic (exact) mass is 431 g/mol. The van der Waals surface area contributed by atoms with Crippen LogP contribution in [0.2, 0.25) is 0 Å². The molecule has 166 valence electrons. The zero-order valence-corrected chi connectivity index (χ0v) is 18.7. The molecule has 0 aliphatic carbocycles. The third kappa shape index (κ3) is 6.43. The van der Waals surface area contributed by atoms with E-state index in [2.05, 4.69) is 10.6 Å². The number of likely N-dealkylation sites (N-methyl/N-ethyl adjacent to an activating group) is 1. The molecule has 3 aromatic carbocycles. The summed E-state index contributed by atoms with van der Waals surface area (Å²) in [5.41, 5.74) is 2.55. The van der Waals surface area contributed by atoms with Crippen molar-refractivity contribution in [3.05, 3.63) is 84.4 Å². The summed E-state index contributed by atoms with van der Waals surface area (Å²) >= 11 is 0. The second-order valence-corrected chi connectivity index (χ2v) is 7.58. The van der Waals surface area contributed by atoms with Crippen LogP contribution in [0.25, 0.3) is 0 Å². The number of nitrogens with zero attached hydrogens (tertiary/aromatic N) is 1. The Kier molecular flexibility index (Phi) is 8.00. The van der Waals surface area contributed by atoms with E-state index in [0.717, 1.165) is 23.4 Å². The lowest BCUT2D eigenvalue weighted by Gasteiger charge is -2.23. The van der Waals surface area contributed by atoms with E-state index >= 15 is 0 Å². The van der Waals surface area contributed by atoms with Gasteiger partial charge in [-0.2, -0.15) is 0 Å². The number of ether oxygens (including phenoxy) is 1. The maximum atomic E-state index is 12.7. The average Bonchev–Trinajstić information content (AvgIpc) is 2.80. The van der Waals surface area contributed by atoms with E-state index in [4.69, 9.17) is 4.74 Å². The standard InChI is InChI=1S/C26H29N3O3/c1-4-20-10-8-9-13-24(20)28-25(30)18-29(3)19(2)26(31)27-21-14-16-23(17-15-21)32-22-11-6-5-7-12-22/h5-17,19H,4,18H2,1-3H3,(H,27,31)(H,28,30). The van der Waals surface area contributed by atoms with Gasteiger partial charge in [-0.25, -0.2) is 0 Å². The lowest BCUT2D eigenvalue weighted by atomic mass is 10.1. The van der Waals surface area contributed by atoms with E-state index in [9.17, 15) is 9.59 Å². The number of para-hydroxylation sites is 2. The molecule has 0 heterocycles. The zero-order valence-electron chi connectivity index (χ0n) is 18.7. The summed E-state index contributed by atoms with van der Waals surface area (Å²) in [4.78, 5) is 26.8. The molecule has 1 atom stereocenters. The number of nitrogens with one attached hydrogen (secondary N) is 2. The van der Waals surface area contributed by atoms with E-state index < -0.39 is 6.04 Å². The minimum atomic E-state index is -0.484. The fourth-order valence-electron chi connectivity index (χ4n) is 3.18. The van der Waals surface area contributed by atoms with Gasteiger partial charge in [-0.15, -0.1) is 0 Å². The van der Waals surface area contributed by atoms with Crippen LogP contribution in [0.4, 0.5) is 11.4 Å². The van der Waals surface area contributed by atoms with Crippen molar-refractivity contribution in [3.8, 4) is 11.5 Å². The van der Waals surface area contributed by atoms with Crippen molar-refractivity contribution < 1.29 is 14.3 Å². The minimum Gasteiger partial charge on any atom is -0.457 e. The first-order chi connectivity index (χ1) is 15.5. The lowest BCUT2D eigenvalue weighted by Crippen LogP contribution is -2.43. The third-order valence-electron chi connectivity index (χ3n) is 5.21. The quantitative estimate of drug-likeness (QED) is 0.504. The first-order valence-corrected chi connectivity index (χ1v) is 10.7. The van der Waals surface area contributed by atoms with Crippen LogP contribution >= 0.6 is 0 Å². The summed E-state index contributed by atoms with van der Waals surface area (Å²) in [5.74, 6) is 1.09. The van der Waals surface area contributed by atoms with Crippen LogP contribution in [-0.2, 0) is 16.0 Å². The van der Waals surface area contributed by atoms with Crippen molar-refractivity contribution in [1.82, 2.24) is 4.90 Å². The van der Waals surface area contributed by atoms with Crippen LogP contribution < -0.4 is 15.4 Å². The van der Waals surface area contributed by atoms with Gasteiger partial charge in [0.1, 0.15) is 11.5 Å². The molecule has 0 aliphatic heterocycles. The number of hydrogen-bond donors (Lipinski definition) is 2. The van der Waals surface area contributed by atoms with Crippen molar-refractivity contribution in [2.45, 2.75) is 26.3 Å². The predicted octanol–water partition coefficient (Wildman–Crippen LogP) is 4.94. The molecule has 0 bridgehead atoms. The van der Waals surface area contributed by atoms with E-state index in [1.807, 2.05) is 61.5 Å². The molecule has 6 heteroatoms. The van der Waals surface area contributed by atoms with Gasteiger partial charge in [-0.05, 0) is 68.4 Å². The molecule has 0 saturated carbocycles.